The molecule has 1 rings (SSSR count). The van der Waals surface area contributed by atoms with Crippen LogP contribution < -0.4 is 5.32 Å². The fraction of sp³-hybridized carbons (Fsp3) is 1.00. The molecule has 1 aliphatic heterocycles. The molecule has 0 aliphatic carbocycles. The zero-order valence-electron chi connectivity index (χ0n) is 12.2. The molecule has 102 valence electrons. The first-order valence-electron chi connectivity index (χ1n) is 7.12. The largest absolute Gasteiger partial charge is 0.317 e. The third-order valence-corrected chi connectivity index (χ3v) is 5.37. The van der Waals surface area contributed by atoms with E-state index >= 15 is 0 Å². The van der Waals surface area contributed by atoms with E-state index in [1.54, 1.807) is 0 Å². The average Bonchev–Trinajstić information content (AvgIpc) is 2.32. The highest BCUT2D eigenvalue weighted by Gasteiger charge is 2.33. The number of hydrogen-bond acceptors (Lipinski definition) is 3. The summed E-state index contributed by atoms with van der Waals surface area (Å²) < 4.78 is 0. The SMILES string of the molecule is CCSCCC(C)N1CCC(NC)C(C)C1C. The molecule has 3 heteroatoms. The van der Waals surface area contributed by atoms with Gasteiger partial charge in [0, 0.05) is 24.7 Å². The molecule has 1 fully saturated rings. The summed E-state index contributed by atoms with van der Waals surface area (Å²) in [4.78, 5) is 2.72. The van der Waals surface area contributed by atoms with Crippen LogP contribution in [0.3, 0.4) is 0 Å². The summed E-state index contributed by atoms with van der Waals surface area (Å²) in [5.74, 6) is 3.32. The third kappa shape index (κ3) is 4.15. The van der Waals surface area contributed by atoms with Crippen LogP contribution in [0.5, 0.6) is 0 Å². The average molecular weight is 258 g/mol. The normalized spacial score (nSPS) is 32.6. The van der Waals surface area contributed by atoms with Crippen molar-refractivity contribution in [2.24, 2.45) is 5.92 Å². The monoisotopic (exact) mass is 258 g/mol. The Balaban J connectivity index is 2.43. The van der Waals surface area contributed by atoms with E-state index in [4.69, 9.17) is 0 Å². The lowest BCUT2D eigenvalue weighted by atomic mass is 9.86. The van der Waals surface area contributed by atoms with Crippen LogP contribution in [-0.2, 0) is 0 Å². The molecule has 0 aromatic heterocycles. The van der Waals surface area contributed by atoms with Crippen LogP contribution >= 0.6 is 11.8 Å². The van der Waals surface area contributed by atoms with Crippen molar-refractivity contribution < 1.29 is 0 Å². The minimum Gasteiger partial charge on any atom is -0.317 e. The lowest BCUT2D eigenvalue weighted by Crippen LogP contribution is -2.55. The maximum absolute atomic E-state index is 3.47. The number of nitrogens with zero attached hydrogens (tertiary/aromatic N) is 1. The Bertz CT molecular complexity index is 210. The minimum atomic E-state index is 0.707. The van der Waals surface area contributed by atoms with Gasteiger partial charge >= 0.3 is 0 Å². The smallest absolute Gasteiger partial charge is 0.0117 e. The van der Waals surface area contributed by atoms with Crippen molar-refractivity contribution in [3.8, 4) is 0 Å². The van der Waals surface area contributed by atoms with E-state index in [1.165, 1.54) is 30.9 Å². The van der Waals surface area contributed by atoms with Crippen molar-refractivity contribution in [1.82, 2.24) is 10.2 Å². The van der Waals surface area contributed by atoms with E-state index < -0.39 is 0 Å². The molecule has 1 heterocycles. The zero-order valence-corrected chi connectivity index (χ0v) is 13.0. The molecule has 4 unspecified atom stereocenters. The van der Waals surface area contributed by atoms with Gasteiger partial charge in [0.2, 0.25) is 0 Å². The van der Waals surface area contributed by atoms with Gasteiger partial charge in [-0.15, -0.1) is 0 Å². The van der Waals surface area contributed by atoms with Gasteiger partial charge in [-0.1, -0.05) is 13.8 Å². The van der Waals surface area contributed by atoms with Gasteiger partial charge in [0.25, 0.3) is 0 Å². The van der Waals surface area contributed by atoms with Gasteiger partial charge in [-0.2, -0.15) is 11.8 Å². The highest BCUT2D eigenvalue weighted by Crippen LogP contribution is 2.26. The Morgan fingerprint density at radius 3 is 2.71 bits per heavy atom. The van der Waals surface area contributed by atoms with E-state index in [-0.39, 0.29) is 0 Å². The van der Waals surface area contributed by atoms with Crippen LogP contribution in [-0.4, -0.2) is 48.1 Å². The molecule has 0 aromatic carbocycles. The summed E-state index contributed by atoms with van der Waals surface area (Å²) in [6.45, 7) is 10.7. The fourth-order valence-electron chi connectivity index (χ4n) is 2.99. The molecule has 1 aliphatic rings. The molecule has 0 spiro atoms. The number of likely N-dealkylation sites (tertiary alicyclic amines) is 1. The summed E-state index contributed by atoms with van der Waals surface area (Å²) in [5.41, 5.74) is 0. The molecule has 4 atom stereocenters. The summed E-state index contributed by atoms with van der Waals surface area (Å²) in [7, 11) is 2.10. The Kier molecular flexibility index (Phi) is 6.90. The lowest BCUT2D eigenvalue weighted by molar-refractivity contribution is 0.0540. The van der Waals surface area contributed by atoms with Crippen LogP contribution in [0.4, 0.5) is 0 Å². The molecular formula is C14H30N2S. The van der Waals surface area contributed by atoms with Gasteiger partial charge in [-0.05, 0) is 51.2 Å². The number of rotatable bonds is 6. The van der Waals surface area contributed by atoms with Crippen molar-refractivity contribution in [3.63, 3.8) is 0 Å². The Labute approximate surface area is 112 Å². The molecule has 0 saturated carbocycles. The second-order valence-corrected chi connectivity index (χ2v) is 6.75. The van der Waals surface area contributed by atoms with Gasteiger partial charge in [0.15, 0.2) is 0 Å². The summed E-state index contributed by atoms with van der Waals surface area (Å²) in [6, 6.07) is 2.16. The lowest BCUT2D eigenvalue weighted by Gasteiger charge is -2.45. The summed E-state index contributed by atoms with van der Waals surface area (Å²) in [6.07, 6.45) is 2.63. The number of piperidine rings is 1. The van der Waals surface area contributed by atoms with E-state index in [1.807, 2.05) is 0 Å². The molecule has 0 aromatic rings. The van der Waals surface area contributed by atoms with Crippen LogP contribution in [0.25, 0.3) is 0 Å². The van der Waals surface area contributed by atoms with Crippen LogP contribution in [0.1, 0.15) is 40.5 Å². The Morgan fingerprint density at radius 1 is 1.41 bits per heavy atom. The second kappa shape index (κ2) is 7.65. The van der Waals surface area contributed by atoms with Crippen LogP contribution in [0.15, 0.2) is 0 Å². The first kappa shape index (κ1) is 15.3. The zero-order chi connectivity index (χ0) is 12.8. The highest BCUT2D eigenvalue weighted by molar-refractivity contribution is 7.99. The molecule has 0 bridgehead atoms. The summed E-state index contributed by atoms with van der Waals surface area (Å²) in [5, 5.41) is 3.47. The number of nitrogens with one attached hydrogen (secondary N) is 1. The molecule has 1 saturated heterocycles. The molecule has 2 nitrogen and oxygen atoms in total. The van der Waals surface area contributed by atoms with E-state index in [0.29, 0.717) is 12.1 Å². The van der Waals surface area contributed by atoms with Crippen LogP contribution in [0, 0.1) is 5.92 Å². The first-order chi connectivity index (χ1) is 8.11. The van der Waals surface area contributed by atoms with Crippen molar-refractivity contribution >= 4 is 11.8 Å². The standard InChI is InChI=1S/C14H30N2S/c1-6-17-10-8-11(2)16-9-7-14(15-5)12(3)13(16)4/h11-15H,6-10H2,1-5H3. The second-order valence-electron chi connectivity index (χ2n) is 5.36. The maximum Gasteiger partial charge on any atom is 0.0117 e. The molecule has 0 amide bonds. The van der Waals surface area contributed by atoms with E-state index in [0.717, 1.165) is 12.0 Å². The fourth-order valence-corrected chi connectivity index (χ4v) is 3.78. The van der Waals surface area contributed by atoms with Crippen molar-refractivity contribution in [2.75, 3.05) is 25.1 Å². The van der Waals surface area contributed by atoms with Crippen molar-refractivity contribution in [2.45, 2.75) is 58.7 Å². The van der Waals surface area contributed by atoms with E-state index in [9.17, 15) is 0 Å². The molecular weight excluding hydrogens is 228 g/mol. The maximum atomic E-state index is 3.47. The van der Waals surface area contributed by atoms with E-state index in [2.05, 4.69) is 56.7 Å². The highest BCUT2D eigenvalue weighted by atomic mass is 32.2. The predicted octanol–water partition coefficient (Wildman–Crippen LogP) is 2.84. The molecule has 1 N–H and O–H groups in total. The first-order valence-corrected chi connectivity index (χ1v) is 8.28. The molecule has 17 heavy (non-hydrogen) atoms. The van der Waals surface area contributed by atoms with Crippen molar-refractivity contribution in [1.29, 1.82) is 0 Å². The van der Waals surface area contributed by atoms with Crippen LogP contribution in [0.2, 0.25) is 0 Å². The van der Waals surface area contributed by atoms with Gasteiger partial charge in [-0.25, -0.2) is 0 Å². The van der Waals surface area contributed by atoms with Gasteiger partial charge < -0.3 is 5.32 Å². The number of hydrogen-bond donors (Lipinski definition) is 1. The number of thioether (sulfide) groups is 1. The van der Waals surface area contributed by atoms with Gasteiger partial charge in [0.1, 0.15) is 0 Å². The molecule has 0 radical (unpaired) electrons. The predicted molar refractivity (Wildman–Crippen MR) is 79.9 cm³/mol. The Morgan fingerprint density at radius 2 is 2.12 bits per heavy atom. The summed E-state index contributed by atoms with van der Waals surface area (Å²) >= 11 is 2.07. The topological polar surface area (TPSA) is 15.3 Å². The van der Waals surface area contributed by atoms with Gasteiger partial charge in [-0.3, -0.25) is 4.90 Å². The quantitative estimate of drug-likeness (QED) is 0.738. The van der Waals surface area contributed by atoms with Crippen molar-refractivity contribution in [3.05, 3.63) is 0 Å². The third-order valence-electron chi connectivity index (χ3n) is 4.44. The Hall–Kier alpha value is 0.270. The minimum absolute atomic E-state index is 0.707. The van der Waals surface area contributed by atoms with Gasteiger partial charge in [0.05, 0.1) is 0 Å².